The molecule has 0 atom stereocenters. The van der Waals surface area contributed by atoms with Gasteiger partial charge in [0.05, 0.1) is 20.1 Å². The SMILES string of the molecule is O=C(O)c1ccc(SC(c2ccccc2)(c2ccccc2)c2ccccc2)c([N+](=O)[O-])c1. The average molecular weight is 442 g/mol. The Morgan fingerprint density at radius 2 is 1.19 bits per heavy atom. The molecule has 32 heavy (non-hydrogen) atoms. The minimum atomic E-state index is -1.20. The smallest absolute Gasteiger partial charge is 0.335 e. The molecule has 0 spiro atoms. The molecular formula is C26H19NO4S. The predicted octanol–water partition coefficient (Wildman–Crippen LogP) is 6.38. The molecule has 0 amide bonds. The molecule has 0 heterocycles. The second-order valence-corrected chi connectivity index (χ2v) is 8.38. The molecule has 0 aliphatic carbocycles. The number of thioether (sulfide) groups is 1. The van der Waals surface area contributed by atoms with Crippen LogP contribution in [0.2, 0.25) is 0 Å². The zero-order valence-electron chi connectivity index (χ0n) is 16.9. The first kappa shape index (κ1) is 21.3. The van der Waals surface area contributed by atoms with Gasteiger partial charge in [-0.3, -0.25) is 10.1 Å². The van der Waals surface area contributed by atoms with Crippen molar-refractivity contribution in [3.05, 3.63) is 142 Å². The van der Waals surface area contributed by atoms with Crippen molar-refractivity contribution in [1.82, 2.24) is 0 Å². The van der Waals surface area contributed by atoms with Crippen molar-refractivity contribution in [3.8, 4) is 0 Å². The highest BCUT2D eigenvalue weighted by atomic mass is 32.2. The molecule has 0 fully saturated rings. The van der Waals surface area contributed by atoms with Crippen molar-refractivity contribution in [3.63, 3.8) is 0 Å². The summed E-state index contributed by atoms with van der Waals surface area (Å²) in [7, 11) is 0. The molecule has 6 heteroatoms. The summed E-state index contributed by atoms with van der Waals surface area (Å²) in [5.74, 6) is -1.20. The van der Waals surface area contributed by atoms with Gasteiger partial charge in [-0.15, -0.1) is 0 Å². The highest BCUT2D eigenvalue weighted by Crippen LogP contribution is 2.53. The molecule has 0 aromatic heterocycles. The maximum absolute atomic E-state index is 11.9. The van der Waals surface area contributed by atoms with Gasteiger partial charge in [-0.05, 0) is 28.8 Å². The number of hydrogen-bond donors (Lipinski definition) is 1. The van der Waals surface area contributed by atoms with E-state index < -0.39 is 15.6 Å². The van der Waals surface area contributed by atoms with Gasteiger partial charge in [-0.1, -0.05) is 103 Å². The van der Waals surface area contributed by atoms with Crippen LogP contribution in [0.25, 0.3) is 0 Å². The highest BCUT2D eigenvalue weighted by Gasteiger charge is 2.39. The molecule has 1 N–H and O–H groups in total. The summed E-state index contributed by atoms with van der Waals surface area (Å²) in [5, 5.41) is 21.2. The number of benzene rings is 4. The number of nitrogens with zero attached hydrogens (tertiary/aromatic N) is 1. The van der Waals surface area contributed by atoms with Crippen LogP contribution in [-0.4, -0.2) is 16.0 Å². The number of carboxylic acid groups (broad SMARTS) is 1. The Kier molecular flexibility index (Phi) is 6.05. The Morgan fingerprint density at radius 1 is 0.750 bits per heavy atom. The Morgan fingerprint density at radius 3 is 1.56 bits per heavy atom. The number of hydrogen-bond acceptors (Lipinski definition) is 4. The summed E-state index contributed by atoms with van der Waals surface area (Å²) < 4.78 is -0.792. The molecule has 5 nitrogen and oxygen atoms in total. The van der Waals surface area contributed by atoms with Crippen LogP contribution in [0, 0.1) is 10.1 Å². The third kappa shape index (κ3) is 4.00. The number of nitro benzene ring substituents is 1. The Balaban J connectivity index is 2.01. The van der Waals surface area contributed by atoms with Gasteiger partial charge in [0.1, 0.15) is 0 Å². The van der Waals surface area contributed by atoms with Gasteiger partial charge in [0.2, 0.25) is 0 Å². The zero-order chi connectivity index (χ0) is 22.6. The van der Waals surface area contributed by atoms with Crippen molar-refractivity contribution in [2.24, 2.45) is 0 Å². The summed E-state index contributed by atoms with van der Waals surface area (Å²) in [6.45, 7) is 0. The van der Waals surface area contributed by atoms with Gasteiger partial charge in [0, 0.05) is 6.07 Å². The Labute approximate surface area is 189 Å². The van der Waals surface area contributed by atoms with Crippen LogP contribution in [0.5, 0.6) is 0 Å². The topological polar surface area (TPSA) is 80.4 Å². The standard InChI is InChI=1S/C26H19NO4S/c28-25(29)19-16-17-24(23(18-19)27(30)31)32-26(20-10-4-1-5-11-20,21-12-6-2-7-13-21)22-14-8-3-9-15-22/h1-18H,(H,28,29). The van der Waals surface area contributed by atoms with Crippen molar-refractivity contribution in [2.75, 3.05) is 0 Å². The van der Waals surface area contributed by atoms with Gasteiger partial charge in [-0.2, -0.15) is 0 Å². The Hall–Kier alpha value is -3.90. The maximum Gasteiger partial charge on any atom is 0.335 e. The zero-order valence-corrected chi connectivity index (χ0v) is 17.7. The van der Waals surface area contributed by atoms with Crippen LogP contribution in [0.1, 0.15) is 27.0 Å². The molecule has 0 bridgehead atoms. The third-order valence-corrected chi connectivity index (χ3v) is 6.79. The normalized spacial score (nSPS) is 11.1. The second-order valence-electron chi connectivity index (χ2n) is 7.13. The van der Waals surface area contributed by atoms with E-state index in [-0.39, 0.29) is 11.3 Å². The number of aromatic carboxylic acids is 1. The summed E-state index contributed by atoms with van der Waals surface area (Å²) in [6.07, 6.45) is 0. The maximum atomic E-state index is 11.9. The summed E-state index contributed by atoms with van der Waals surface area (Å²) >= 11 is 1.34. The van der Waals surface area contributed by atoms with Crippen LogP contribution in [0.3, 0.4) is 0 Å². The molecular weight excluding hydrogens is 422 g/mol. The molecule has 0 radical (unpaired) electrons. The average Bonchev–Trinajstić information content (AvgIpc) is 2.84. The molecule has 4 aromatic rings. The van der Waals surface area contributed by atoms with Gasteiger partial charge >= 0.3 is 5.97 Å². The lowest BCUT2D eigenvalue weighted by Crippen LogP contribution is -2.25. The summed E-state index contributed by atoms with van der Waals surface area (Å²) in [5.41, 5.74) is 2.52. The fourth-order valence-electron chi connectivity index (χ4n) is 3.74. The highest BCUT2D eigenvalue weighted by molar-refractivity contribution is 8.00. The lowest BCUT2D eigenvalue weighted by atomic mass is 9.84. The van der Waals surface area contributed by atoms with E-state index >= 15 is 0 Å². The molecule has 0 saturated carbocycles. The van der Waals surface area contributed by atoms with Crippen molar-refractivity contribution in [1.29, 1.82) is 0 Å². The van der Waals surface area contributed by atoms with Gasteiger partial charge in [-0.25, -0.2) is 4.79 Å². The fourth-order valence-corrected chi connectivity index (χ4v) is 5.21. The van der Waals surface area contributed by atoms with Crippen molar-refractivity contribution >= 4 is 23.4 Å². The van der Waals surface area contributed by atoms with Crippen molar-refractivity contribution in [2.45, 2.75) is 9.64 Å². The minimum absolute atomic E-state index is 0.120. The minimum Gasteiger partial charge on any atom is -0.478 e. The van der Waals surface area contributed by atoms with E-state index in [9.17, 15) is 20.0 Å². The molecule has 4 rings (SSSR count). The third-order valence-electron chi connectivity index (χ3n) is 5.21. The molecule has 0 saturated heterocycles. The van der Waals surface area contributed by atoms with Crippen LogP contribution >= 0.6 is 11.8 Å². The van der Waals surface area contributed by atoms with E-state index in [0.29, 0.717) is 4.90 Å². The lowest BCUT2D eigenvalue weighted by Gasteiger charge is -2.35. The first-order valence-electron chi connectivity index (χ1n) is 9.89. The first-order valence-corrected chi connectivity index (χ1v) is 10.7. The van der Waals surface area contributed by atoms with Crippen LogP contribution in [-0.2, 0) is 4.75 Å². The van der Waals surface area contributed by atoms with Crippen LogP contribution in [0.4, 0.5) is 5.69 Å². The predicted molar refractivity (Wildman–Crippen MR) is 125 cm³/mol. The molecule has 158 valence electrons. The number of carboxylic acids is 1. The largest absolute Gasteiger partial charge is 0.478 e. The molecule has 4 aromatic carbocycles. The van der Waals surface area contributed by atoms with E-state index in [0.717, 1.165) is 22.8 Å². The van der Waals surface area contributed by atoms with E-state index in [1.807, 2.05) is 91.0 Å². The van der Waals surface area contributed by atoms with Crippen LogP contribution in [0.15, 0.2) is 114 Å². The molecule has 0 aliphatic rings. The van der Waals surface area contributed by atoms with Gasteiger partial charge in [0.15, 0.2) is 0 Å². The monoisotopic (exact) mass is 441 g/mol. The summed E-state index contributed by atoms with van der Waals surface area (Å²) in [4.78, 5) is 23.2. The van der Waals surface area contributed by atoms with E-state index in [1.165, 1.54) is 23.9 Å². The van der Waals surface area contributed by atoms with E-state index in [2.05, 4.69) is 0 Å². The second kappa shape index (κ2) is 9.08. The van der Waals surface area contributed by atoms with E-state index in [4.69, 9.17) is 0 Å². The summed E-state index contributed by atoms with van der Waals surface area (Å²) in [6, 6.07) is 33.5. The van der Waals surface area contributed by atoms with E-state index in [1.54, 1.807) is 0 Å². The quantitative estimate of drug-likeness (QED) is 0.156. The number of carbonyl (C=O) groups is 1. The van der Waals surface area contributed by atoms with Crippen LogP contribution < -0.4 is 0 Å². The molecule has 0 aliphatic heterocycles. The first-order chi connectivity index (χ1) is 15.5. The van der Waals surface area contributed by atoms with Crippen molar-refractivity contribution < 1.29 is 14.8 Å². The number of nitro groups is 1. The fraction of sp³-hybridized carbons (Fsp3) is 0.0385. The Bertz CT molecular complexity index is 1150. The van der Waals surface area contributed by atoms with Gasteiger partial charge in [0.25, 0.3) is 5.69 Å². The van der Waals surface area contributed by atoms with Gasteiger partial charge < -0.3 is 5.11 Å². The lowest BCUT2D eigenvalue weighted by molar-refractivity contribution is -0.387. The molecule has 0 unspecified atom stereocenters. The number of rotatable bonds is 7.